The Morgan fingerprint density at radius 1 is 1.44 bits per heavy atom. The monoisotopic (exact) mass is 258 g/mol. The van der Waals surface area contributed by atoms with Crippen LogP contribution in [-0.2, 0) is 9.47 Å². The zero-order valence-electron chi connectivity index (χ0n) is 11.8. The molecule has 1 N–H and O–H groups in total. The largest absolute Gasteiger partial charge is 0.376 e. The Morgan fingerprint density at radius 3 is 2.83 bits per heavy atom. The van der Waals surface area contributed by atoms with Crippen LogP contribution >= 0.6 is 0 Å². The van der Waals surface area contributed by atoms with Crippen molar-refractivity contribution in [2.24, 2.45) is 5.92 Å². The minimum atomic E-state index is -0.0343. The lowest BCUT2D eigenvalue weighted by Crippen LogP contribution is -2.45. The Morgan fingerprint density at radius 2 is 2.22 bits per heavy atom. The number of nitrogens with one attached hydrogen (secondary N) is 1. The van der Waals surface area contributed by atoms with Gasteiger partial charge in [0, 0.05) is 13.6 Å². The lowest BCUT2D eigenvalue weighted by atomic mass is 10.1. The maximum atomic E-state index is 11.8. The second kappa shape index (κ2) is 8.32. The van der Waals surface area contributed by atoms with Gasteiger partial charge in [0.25, 0.3) is 0 Å². The number of rotatable bonds is 6. The predicted molar refractivity (Wildman–Crippen MR) is 70.7 cm³/mol. The minimum absolute atomic E-state index is 0.00478. The lowest BCUT2D eigenvalue weighted by Gasteiger charge is -2.27. The average Bonchev–Trinajstić information content (AvgIpc) is 2.35. The van der Waals surface area contributed by atoms with Gasteiger partial charge < -0.3 is 19.7 Å². The van der Waals surface area contributed by atoms with E-state index in [0.717, 1.165) is 19.4 Å². The number of urea groups is 1. The molecule has 0 spiro atoms. The van der Waals surface area contributed by atoms with Crippen LogP contribution in [0.1, 0.15) is 26.7 Å². The third kappa shape index (κ3) is 6.21. The van der Waals surface area contributed by atoms with Crippen molar-refractivity contribution in [1.82, 2.24) is 10.2 Å². The highest BCUT2D eigenvalue weighted by molar-refractivity contribution is 5.73. The van der Waals surface area contributed by atoms with Crippen LogP contribution in [0.4, 0.5) is 4.79 Å². The lowest BCUT2D eigenvalue weighted by molar-refractivity contribution is -0.0928. The van der Waals surface area contributed by atoms with Crippen molar-refractivity contribution >= 4 is 6.03 Å². The highest BCUT2D eigenvalue weighted by atomic mass is 16.6. The van der Waals surface area contributed by atoms with Crippen LogP contribution in [0.5, 0.6) is 0 Å². The van der Waals surface area contributed by atoms with Gasteiger partial charge in [-0.05, 0) is 18.8 Å². The molecule has 0 aliphatic carbocycles. The normalized spacial score (nSPS) is 19.9. The van der Waals surface area contributed by atoms with Gasteiger partial charge in [0.05, 0.1) is 32.5 Å². The first-order valence-electron chi connectivity index (χ1n) is 6.78. The predicted octanol–water partition coefficient (Wildman–Crippen LogP) is 1.48. The molecule has 0 saturated carbocycles. The smallest absolute Gasteiger partial charge is 0.317 e. The van der Waals surface area contributed by atoms with Crippen LogP contribution in [0.15, 0.2) is 0 Å². The van der Waals surface area contributed by atoms with Crippen molar-refractivity contribution < 1.29 is 14.3 Å². The van der Waals surface area contributed by atoms with Gasteiger partial charge in [-0.25, -0.2) is 4.79 Å². The van der Waals surface area contributed by atoms with Gasteiger partial charge >= 0.3 is 6.03 Å². The molecule has 1 unspecified atom stereocenters. The molecular formula is C13H26N2O3. The number of nitrogens with zero attached hydrogens (tertiary/aromatic N) is 1. The standard InChI is InChI=1S/C13H26N2O3/c1-11(2)5-4-6-14-13(16)15(3)9-12-10-17-7-8-18-12/h11-12H,4-10H2,1-3H3,(H,14,16). The van der Waals surface area contributed by atoms with Crippen molar-refractivity contribution in [2.75, 3.05) is 40.0 Å². The van der Waals surface area contributed by atoms with Crippen molar-refractivity contribution in [1.29, 1.82) is 0 Å². The van der Waals surface area contributed by atoms with E-state index in [0.29, 0.717) is 32.3 Å². The van der Waals surface area contributed by atoms with Crippen molar-refractivity contribution in [3.05, 3.63) is 0 Å². The number of amides is 2. The molecule has 5 heteroatoms. The van der Waals surface area contributed by atoms with Crippen molar-refractivity contribution in [3.63, 3.8) is 0 Å². The molecule has 5 nitrogen and oxygen atoms in total. The zero-order valence-corrected chi connectivity index (χ0v) is 11.8. The van der Waals surface area contributed by atoms with Gasteiger partial charge in [-0.15, -0.1) is 0 Å². The fourth-order valence-corrected chi connectivity index (χ4v) is 1.87. The first kappa shape index (κ1) is 15.2. The fourth-order valence-electron chi connectivity index (χ4n) is 1.87. The van der Waals surface area contributed by atoms with Gasteiger partial charge in [0.15, 0.2) is 0 Å². The Balaban J connectivity index is 2.11. The number of hydrogen-bond donors (Lipinski definition) is 1. The second-order valence-corrected chi connectivity index (χ2v) is 5.22. The first-order valence-corrected chi connectivity index (χ1v) is 6.78. The van der Waals surface area contributed by atoms with Crippen LogP contribution in [0.3, 0.4) is 0 Å². The van der Waals surface area contributed by atoms with E-state index in [2.05, 4.69) is 19.2 Å². The van der Waals surface area contributed by atoms with Crippen molar-refractivity contribution in [2.45, 2.75) is 32.8 Å². The minimum Gasteiger partial charge on any atom is -0.376 e. The summed E-state index contributed by atoms with van der Waals surface area (Å²) in [7, 11) is 1.79. The molecule has 1 fully saturated rings. The summed E-state index contributed by atoms with van der Waals surface area (Å²) in [6, 6.07) is -0.0343. The topological polar surface area (TPSA) is 50.8 Å². The number of ether oxygens (including phenoxy) is 2. The van der Waals surface area contributed by atoms with Crippen molar-refractivity contribution in [3.8, 4) is 0 Å². The summed E-state index contributed by atoms with van der Waals surface area (Å²) in [5.74, 6) is 0.687. The molecule has 0 radical (unpaired) electrons. The Hall–Kier alpha value is -0.810. The molecule has 0 aromatic rings. The van der Waals surface area contributed by atoms with E-state index >= 15 is 0 Å². The fraction of sp³-hybridized carbons (Fsp3) is 0.923. The molecule has 1 aliphatic rings. The highest BCUT2D eigenvalue weighted by Gasteiger charge is 2.18. The van der Waals surface area contributed by atoms with Gasteiger partial charge in [-0.3, -0.25) is 0 Å². The third-order valence-corrected chi connectivity index (χ3v) is 2.94. The van der Waals surface area contributed by atoms with Crippen LogP contribution in [0, 0.1) is 5.92 Å². The molecule has 1 heterocycles. The summed E-state index contributed by atoms with van der Waals surface area (Å²) < 4.78 is 10.8. The SMILES string of the molecule is CC(C)CCCNC(=O)N(C)CC1COCCO1. The third-order valence-electron chi connectivity index (χ3n) is 2.94. The molecule has 1 aliphatic heterocycles. The average molecular weight is 258 g/mol. The quantitative estimate of drug-likeness (QED) is 0.734. The summed E-state index contributed by atoms with van der Waals surface area (Å²) >= 11 is 0. The van der Waals surface area contributed by atoms with E-state index in [-0.39, 0.29) is 12.1 Å². The molecular weight excluding hydrogens is 232 g/mol. The number of likely N-dealkylation sites (N-methyl/N-ethyl adjacent to an activating group) is 1. The van der Waals surface area contributed by atoms with Gasteiger partial charge in [0.1, 0.15) is 0 Å². The molecule has 1 saturated heterocycles. The molecule has 2 amide bonds. The first-order chi connectivity index (χ1) is 8.59. The van der Waals surface area contributed by atoms with Crippen LogP contribution < -0.4 is 5.32 Å². The summed E-state index contributed by atoms with van der Waals surface area (Å²) in [4.78, 5) is 13.4. The molecule has 18 heavy (non-hydrogen) atoms. The van der Waals surface area contributed by atoms with E-state index in [9.17, 15) is 4.79 Å². The highest BCUT2D eigenvalue weighted by Crippen LogP contribution is 2.04. The van der Waals surface area contributed by atoms with Gasteiger partial charge in [-0.2, -0.15) is 0 Å². The van der Waals surface area contributed by atoms with Crippen LogP contribution in [0.2, 0.25) is 0 Å². The molecule has 0 bridgehead atoms. The van der Waals surface area contributed by atoms with E-state index in [4.69, 9.17) is 9.47 Å². The van der Waals surface area contributed by atoms with E-state index in [1.165, 1.54) is 0 Å². The summed E-state index contributed by atoms with van der Waals surface area (Å²) in [6.07, 6.45) is 2.18. The number of carbonyl (C=O) groups is 1. The molecule has 106 valence electrons. The second-order valence-electron chi connectivity index (χ2n) is 5.22. The zero-order chi connectivity index (χ0) is 13.4. The molecule has 1 atom stereocenters. The maximum absolute atomic E-state index is 11.8. The van der Waals surface area contributed by atoms with Crippen LogP contribution in [-0.4, -0.2) is 57.0 Å². The summed E-state index contributed by atoms with van der Waals surface area (Å²) in [5.41, 5.74) is 0. The Bertz CT molecular complexity index is 240. The molecule has 0 aromatic heterocycles. The number of hydrogen-bond acceptors (Lipinski definition) is 3. The summed E-state index contributed by atoms with van der Waals surface area (Å²) in [5, 5.41) is 2.92. The Kier molecular flexibility index (Phi) is 7.05. The van der Waals surface area contributed by atoms with E-state index in [1.54, 1.807) is 11.9 Å². The maximum Gasteiger partial charge on any atom is 0.317 e. The molecule has 1 rings (SSSR count). The van der Waals surface area contributed by atoms with Crippen LogP contribution in [0.25, 0.3) is 0 Å². The Labute approximate surface area is 110 Å². The van der Waals surface area contributed by atoms with Gasteiger partial charge in [0.2, 0.25) is 0 Å². The van der Waals surface area contributed by atoms with E-state index in [1.807, 2.05) is 0 Å². The molecule has 0 aromatic carbocycles. The number of carbonyl (C=O) groups excluding carboxylic acids is 1. The van der Waals surface area contributed by atoms with Gasteiger partial charge in [-0.1, -0.05) is 13.8 Å². The summed E-state index contributed by atoms with van der Waals surface area (Å²) in [6.45, 7) is 7.54. The van der Waals surface area contributed by atoms with E-state index < -0.39 is 0 Å².